The number of aromatic nitrogens is 1. The summed E-state index contributed by atoms with van der Waals surface area (Å²) >= 11 is 6.19. The van der Waals surface area contributed by atoms with E-state index >= 15 is 0 Å². The molecule has 9 heteroatoms. The molecule has 1 aliphatic rings. The lowest BCUT2D eigenvalue weighted by Crippen LogP contribution is -2.50. The van der Waals surface area contributed by atoms with Crippen molar-refractivity contribution in [2.24, 2.45) is 5.73 Å². The summed E-state index contributed by atoms with van der Waals surface area (Å²) in [7, 11) is -4.31. The number of fused-ring (bicyclic) bond motifs is 1. The lowest BCUT2D eigenvalue weighted by molar-refractivity contribution is -0.120. The van der Waals surface area contributed by atoms with E-state index in [1.54, 1.807) is 37.3 Å². The fourth-order valence-corrected chi connectivity index (χ4v) is 5.14. The molecule has 1 aliphatic heterocycles. The smallest absolute Gasteiger partial charge is 0.288 e. The van der Waals surface area contributed by atoms with Crippen molar-refractivity contribution in [2.75, 3.05) is 10.9 Å². The van der Waals surface area contributed by atoms with E-state index in [4.69, 9.17) is 22.1 Å². The number of carbonyl (C=O) groups is 1. The first-order valence-electron chi connectivity index (χ1n) is 9.13. The third-order valence-electron chi connectivity index (χ3n) is 4.88. The lowest BCUT2D eigenvalue weighted by Gasteiger charge is -2.26. The molecule has 2 N–H and O–H groups in total. The highest BCUT2D eigenvalue weighted by atomic mass is 35.5. The summed E-state index contributed by atoms with van der Waals surface area (Å²) in [5.41, 5.74) is 5.62. The summed E-state index contributed by atoms with van der Waals surface area (Å²) in [5, 5.41) is 0.0592. The number of nitrogens with zero attached hydrogens (tertiary/aromatic N) is 2. The van der Waals surface area contributed by atoms with Crippen molar-refractivity contribution in [1.29, 1.82) is 0 Å². The molecule has 0 spiro atoms. The summed E-state index contributed by atoms with van der Waals surface area (Å²) in [5.74, 6) is -0.448. The fraction of sp³-hybridized carbons (Fsp3) is 0.143. The number of hydrogen-bond acceptors (Lipinski definition) is 6. The minimum Gasteiger partial charge on any atom is -0.493 e. The maximum Gasteiger partial charge on any atom is 0.288 e. The Morgan fingerprint density at radius 1 is 1.10 bits per heavy atom. The molecule has 0 radical (unpaired) electrons. The first-order valence-corrected chi connectivity index (χ1v) is 11.0. The third-order valence-corrected chi connectivity index (χ3v) is 6.73. The number of benzene rings is 2. The van der Waals surface area contributed by atoms with Crippen LogP contribution in [-0.4, -0.2) is 25.9 Å². The molecule has 1 unspecified atom stereocenters. The van der Waals surface area contributed by atoms with Crippen LogP contribution >= 0.6 is 11.6 Å². The van der Waals surface area contributed by atoms with E-state index in [0.29, 0.717) is 27.2 Å². The molecule has 0 fully saturated rings. The van der Waals surface area contributed by atoms with Gasteiger partial charge in [-0.05, 0) is 43.3 Å². The van der Waals surface area contributed by atoms with Crippen LogP contribution in [0.3, 0.4) is 0 Å². The van der Waals surface area contributed by atoms with Crippen LogP contribution in [-0.2, 0) is 20.4 Å². The number of para-hydroxylation sites is 1. The number of nitrogens with two attached hydrogens (primary N) is 1. The van der Waals surface area contributed by atoms with E-state index < -0.39 is 21.5 Å². The van der Waals surface area contributed by atoms with Gasteiger partial charge in [0.25, 0.3) is 15.9 Å². The van der Waals surface area contributed by atoms with E-state index in [-0.39, 0.29) is 16.3 Å². The molecule has 3 aromatic rings. The number of pyridine rings is 1. The van der Waals surface area contributed by atoms with Gasteiger partial charge in [-0.25, -0.2) is 4.98 Å². The number of halogens is 1. The minimum atomic E-state index is -4.31. The second-order valence-corrected chi connectivity index (χ2v) is 8.81. The molecule has 7 nitrogen and oxygen atoms in total. The van der Waals surface area contributed by atoms with Gasteiger partial charge in [-0.15, -0.1) is 0 Å². The number of sulfonamides is 1. The summed E-state index contributed by atoms with van der Waals surface area (Å²) in [6.45, 7) is 2.15. The lowest BCUT2D eigenvalue weighted by atomic mass is 9.84. The van der Waals surface area contributed by atoms with Crippen LogP contribution in [0.25, 0.3) is 0 Å². The molecular weight excluding hydrogens is 426 g/mol. The first-order chi connectivity index (χ1) is 14.3. The van der Waals surface area contributed by atoms with Gasteiger partial charge in [0.1, 0.15) is 5.75 Å². The highest BCUT2D eigenvalue weighted by Crippen LogP contribution is 2.48. The van der Waals surface area contributed by atoms with Gasteiger partial charge >= 0.3 is 0 Å². The predicted octanol–water partition coefficient (Wildman–Crippen LogP) is 3.07. The van der Waals surface area contributed by atoms with Gasteiger partial charge < -0.3 is 10.5 Å². The van der Waals surface area contributed by atoms with E-state index in [9.17, 15) is 13.2 Å². The van der Waals surface area contributed by atoms with Crippen LogP contribution < -0.4 is 14.8 Å². The molecule has 0 saturated carbocycles. The van der Waals surface area contributed by atoms with Gasteiger partial charge in [-0.1, -0.05) is 35.9 Å². The number of hydrogen-bond donors (Lipinski definition) is 1. The van der Waals surface area contributed by atoms with E-state index in [0.717, 1.165) is 0 Å². The molecule has 1 atom stereocenters. The maximum atomic E-state index is 13.7. The fourth-order valence-electron chi connectivity index (χ4n) is 3.55. The summed E-state index contributed by atoms with van der Waals surface area (Å²) in [6, 6.07) is 15.7. The molecule has 0 aliphatic carbocycles. The van der Waals surface area contributed by atoms with Crippen LogP contribution in [0.1, 0.15) is 18.1 Å². The Hall–Kier alpha value is -2.94. The molecular formula is C21H18ClN3O4S. The Morgan fingerprint density at radius 3 is 2.53 bits per heavy atom. The van der Waals surface area contributed by atoms with Gasteiger partial charge in [0.05, 0.1) is 12.3 Å². The molecule has 2 aromatic carbocycles. The van der Waals surface area contributed by atoms with Crippen LogP contribution in [0.2, 0.25) is 5.02 Å². The first kappa shape index (κ1) is 20.3. The number of amides is 1. The molecule has 30 heavy (non-hydrogen) atoms. The second-order valence-electron chi connectivity index (χ2n) is 6.64. The van der Waals surface area contributed by atoms with Crippen molar-refractivity contribution in [3.05, 3.63) is 83.0 Å². The number of ether oxygens (including phenoxy) is 1. The van der Waals surface area contributed by atoms with Gasteiger partial charge in [0, 0.05) is 22.3 Å². The van der Waals surface area contributed by atoms with E-state index in [2.05, 4.69) is 4.98 Å². The van der Waals surface area contributed by atoms with Gasteiger partial charge in [0.2, 0.25) is 0 Å². The van der Waals surface area contributed by atoms with Crippen LogP contribution in [0.5, 0.6) is 5.75 Å². The highest BCUT2D eigenvalue weighted by molar-refractivity contribution is 7.93. The van der Waals surface area contributed by atoms with Gasteiger partial charge in [0.15, 0.2) is 10.6 Å². The van der Waals surface area contributed by atoms with Crippen molar-refractivity contribution in [1.82, 2.24) is 4.98 Å². The van der Waals surface area contributed by atoms with E-state index in [1.807, 2.05) is 0 Å². The predicted molar refractivity (Wildman–Crippen MR) is 113 cm³/mol. The standard InChI is InChI=1S/C21H18ClN3O4S/c1-2-29-18-8-4-3-7-15(18)21(23)16-13-14(22)10-11-17(16)25(20(21)26)30(27,28)19-9-5-6-12-24-19/h3-13H,2,23H2,1H3. The molecule has 154 valence electrons. The second kappa shape index (κ2) is 7.39. The van der Waals surface area contributed by atoms with Gasteiger partial charge in [-0.3, -0.25) is 4.79 Å². The highest BCUT2D eigenvalue weighted by Gasteiger charge is 2.55. The number of carbonyl (C=O) groups excluding carboxylic acids is 1. The molecule has 4 rings (SSSR count). The van der Waals surface area contributed by atoms with Gasteiger partial charge in [-0.2, -0.15) is 12.7 Å². The average molecular weight is 444 g/mol. The Kier molecular flexibility index (Phi) is 5.01. The molecule has 0 bridgehead atoms. The Bertz CT molecular complexity index is 1230. The summed E-state index contributed by atoms with van der Waals surface area (Å²) in [6.07, 6.45) is 1.34. The zero-order chi connectivity index (χ0) is 21.5. The zero-order valence-electron chi connectivity index (χ0n) is 15.9. The Labute approximate surface area is 179 Å². The minimum absolute atomic E-state index is 0.129. The van der Waals surface area contributed by atoms with Crippen LogP contribution in [0, 0.1) is 0 Å². The Balaban J connectivity index is 1.99. The SMILES string of the molecule is CCOc1ccccc1C1(N)C(=O)N(S(=O)(=O)c2ccccn2)c2ccc(Cl)cc21. The van der Waals surface area contributed by atoms with Crippen LogP contribution in [0.4, 0.5) is 5.69 Å². The largest absolute Gasteiger partial charge is 0.493 e. The topological polar surface area (TPSA) is 103 Å². The monoisotopic (exact) mass is 443 g/mol. The summed E-state index contributed by atoms with van der Waals surface area (Å²) < 4.78 is 33.1. The quantitative estimate of drug-likeness (QED) is 0.650. The Morgan fingerprint density at radius 2 is 1.83 bits per heavy atom. The zero-order valence-corrected chi connectivity index (χ0v) is 17.5. The van der Waals surface area contributed by atoms with Crippen LogP contribution in [0.15, 0.2) is 71.9 Å². The van der Waals surface area contributed by atoms with Crippen molar-refractivity contribution in [3.63, 3.8) is 0 Å². The van der Waals surface area contributed by atoms with Crippen molar-refractivity contribution in [3.8, 4) is 5.75 Å². The summed E-state index contributed by atoms with van der Waals surface area (Å²) in [4.78, 5) is 17.6. The molecule has 1 aromatic heterocycles. The maximum absolute atomic E-state index is 13.7. The number of rotatable bonds is 5. The normalized spacial score (nSPS) is 18.4. The molecule has 0 saturated heterocycles. The number of anilines is 1. The molecule has 2 heterocycles. The van der Waals surface area contributed by atoms with E-state index in [1.165, 1.54) is 36.5 Å². The molecule has 1 amide bonds. The van der Waals surface area contributed by atoms with Crippen molar-refractivity contribution in [2.45, 2.75) is 17.5 Å². The average Bonchev–Trinajstić information content (AvgIpc) is 2.97. The van der Waals surface area contributed by atoms with Crippen molar-refractivity contribution < 1.29 is 17.9 Å². The third kappa shape index (κ3) is 2.96. The van der Waals surface area contributed by atoms with Crippen molar-refractivity contribution >= 4 is 33.2 Å².